The van der Waals surface area contributed by atoms with Crippen LogP contribution in [0.3, 0.4) is 0 Å². The second-order valence-corrected chi connectivity index (χ2v) is 6.94. The molecule has 0 bridgehead atoms. The highest BCUT2D eigenvalue weighted by atomic mass is 15.2. The maximum atomic E-state index is 6.21. The molecule has 0 unspecified atom stereocenters. The number of likely N-dealkylation sites (N-methyl/N-ethyl adjacent to an activating group) is 1. The SMILES string of the molecule is CN(CC1CCCCC1)C1(CN)Cc2ccccc2C1. The number of hydrogen-bond acceptors (Lipinski definition) is 2. The number of fused-ring (bicyclic) bond motifs is 1. The van der Waals surface area contributed by atoms with Crippen LogP contribution in [0.1, 0.15) is 43.2 Å². The summed E-state index contributed by atoms with van der Waals surface area (Å²) in [7, 11) is 2.30. The van der Waals surface area contributed by atoms with Crippen LogP contribution in [0, 0.1) is 5.92 Å². The smallest absolute Gasteiger partial charge is 0.0409 e. The first-order chi connectivity index (χ1) is 9.73. The molecule has 1 fully saturated rings. The van der Waals surface area contributed by atoms with Crippen LogP contribution >= 0.6 is 0 Å². The van der Waals surface area contributed by atoms with E-state index in [1.165, 1.54) is 49.8 Å². The Morgan fingerprint density at radius 1 is 1.10 bits per heavy atom. The quantitative estimate of drug-likeness (QED) is 0.913. The Balaban J connectivity index is 1.70. The highest BCUT2D eigenvalue weighted by Crippen LogP contribution is 2.35. The van der Waals surface area contributed by atoms with E-state index in [0.717, 1.165) is 25.3 Å². The highest BCUT2D eigenvalue weighted by Gasteiger charge is 2.39. The van der Waals surface area contributed by atoms with Gasteiger partial charge in [-0.1, -0.05) is 43.5 Å². The van der Waals surface area contributed by atoms with Crippen LogP contribution in [0.4, 0.5) is 0 Å². The summed E-state index contributed by atoms with van der Waals surface area (Å²) in [6, 6.07) is 8.88. The Labute approximate surface area is 123 Å². The molecule has 2 aliphatic rings. The largest absolute Gasteiger partial charge is 0.329 e. The van der Waals surface area contributed by atoms with Crippen molar-refractivity contribution in [1.82, 2.24) is 4.90 Å². The topological polar surface area (TPSA) is 29.3 Å². The monoisotopic (exact) mass is 272 g/mol. The van der Waals surface area contributed by atoms with E-state index >= 15 is 0 Å². The van der Waals surface area contributed by atoms with E-state index in [1.807, 2.05) is 0 Å². The Bertz CT molecular complexity index is 423. The Morgan fingerprint density at radius 2 is 1.70 bits per heavy atom. The Hall–Kier alpha value is -0.860. The molecule has 3 rings (SSSR count). The van der Waals surface area contributed by atoms with Gasteiger partial charge in [0.2, 0.25) is 0 Å². The summed E-state index contributed by atoms with van der Waals surface area (Å²) in [5.74, 6) is 0.890. The van der Waals surface area contributed by atoms with Crippen molar-refractivity contribution in [3.63, 3.8) is 0 Å². The van der Waals surface area contributed by atoms with Crippen molar-refractivity contribution >= 4 is 0 Å². The van der Waals surface area contributed by atoms with E-state index in [4.69, 9.17) is 5.73 Å². The predicted octanol–water partition coefficient (Wildman–Crippen LogP) is 2.99. The molecule has 2 nitrogen and oxygen atoms in total. The molecular formula is C18H28N2. The second-order valence-electron chi connectivity index (χ2n) is 6.94. The number of nitrogens with zero attached hydrogens (tertiary/aromatic N) is 1. The molecule has 1 aromatic carbocycles. The number of rotatable bonds is 4. The predicted molar refractivity (Wildman–Crippen MR) is 84.8 cm³/mol. The van der Waals surface area contributed by atoms with Gasteiger partial charge in [0, 0.05) is 18.6 Å². The fourth-order valence-corrected chi connectivity index (χ4v) is 4.19. The van der Waals surface area contributed by atoms with Gasteiger partial charge in [-0.25, -0.2) is 0 Å². The minimum Gasteiger partial charge on any atom is -0.329 e. The molecule has 1 saturated carbocycles. The summed E-state index contributed by atoms with van der Waals surface area (Å²) in [4.78, 5) is 2.59. The third kappa shape index (κ3) is 2.64. The molecule has 2 aliphatic carbocycles. The van der Waals surface area contributed by atoms with Gasteiger partial charge in [0.05, 0.1) is 0 Å². The van der Waals surface area contributed by atoms with E-state index in [-0.39, 0.29) is 5.54 Å². The molecule has 0 spiro atoms. The molecule has 0 heterocycles. The molecular weight excluding hydrogens is 244 g/mol. The third-order valence-corrected chi connectivity index (χ3v) is 5.60. The van der Waals surface area contributed by atoms with Crippen LogP contribution < -0.4 is 5.73 Å². The zero-order valence-electron chi connectivity index (χ0n) is 12.8. The fraction of sp³-hybridized carbons (Fsp3) is 0.667. The van der Waals surface area contributed by atoms with E-state index < -0.39 is 0 Å². The Kier molecular flexibility index (Phi) is 4.13. The van der Waals surface area contributed by atoms with Crippen LogP contribution in [-0.4, -0.2) is 30.6 Å². The van der Waals surface area contributed by atoms with Crippen molar-refractivity contribution < 1.29 is 0 Å². The van der Waals surface area contributed by atoms with E-state index in [1.54, 1.807) is 0 Å². The molecule has 2 N–H and O–H groups in total. The van der Waals surface area contributed by atoms with Crippen LogP contribution in [0.25, 0.3) is 0 Å². The maximum Gasteiger partial charge on any atom is 0.0409 e. The molecule has 110 valence electrons. The first kappa shape index (κ1) is 14.1. The first-order valence-corrected chi connectivity index (χ1v) is 8.22. The summed E-state index contributed by atoms with van der Waals surface area (Å²) in [6.45, 7) is 2.00. The lowest BCUT2D eigenvalue weighted by molar-refractivity contribution is 0.103. The van der Waals surface area contributed by atoms with Crippen LogP contribution in [0.15, 0.2) is 24.3 Å². The molecule has 0 radical (unpaired) electrons. The van der Waals surface area contributed by atoms with Crippen LogP contribution in [0.2, 0.25) is 0 Å². The van der Waals surface area contributed by atoms with Crippen molar-refractivity contribution in [2.75, 3.05) is 20.1 Å². The van der Waals surface area contributed by atoms with Gasteiger partial charge >= 0.3 is 0 Å². The van der Waals surface area contributed by atoms with Gasteiger partial charge < -0.3 is 5.73 Å². The normalized spacial score (nSPS) is 22.1. The molecule has 0 amide bonds. The zero-order chi connectivity index (χ0) is 14.0. The number of hydrogen-bond donors (Lipinski definition) is 1. The van der Waals surface area contributed by atoms with E-state index in [0.29, 0.717) is 0 Å². The number of nitrogens with two attached hydrogens (primary N) is 1. The molecule has 0 atom stereocenters. The van der Waals surface area contributed by atoms with Crippen LogP contribution in [0.5, 0.6) is 0 Å². The maximum absolute atomic E-state index is 6.21. The van der Waals surface area contributed by atoms with Gasteiger partial charge in [0.15, 0.2) is 0 Å². The average molecular weight is 272 g/mol. The average Bonchev–Trinajstić information content (AvgIpc) is 2.88. The van der Waals surface area contributed by atoms with Crippen molar-refractivity contribution in [1.29, 1.82) is 0 Å². The lowest BCUT2D eigenvalue weighted by atomic mass is 9.86. The van der Waals surface area contributed by atoms with Crippen molar-refractivity contribution in [3.05, 3.63) is 35.4 Å². The molecule has 20 heavy (non-hydrogen) atoms. The molecule has 1 aromatic rings. The van der Waals surface area contributed by atoms with Gasteiger partial charge in [-0.15, -0.1) is 0 Å². The van der Waals surface area contributed by atoms with Gasteiger partial charge in [-0.05, 0) is 49.8 Å². The first-order valence-electron chi connectivity index (χ1n) is 8.22. The molecule has 0 aliphatic heterocycles. The number of benzene rings is 1. The summed E-state index contributed by atoms with van der Waals surface area (Å²) >= 11 is 0. The summed E-state index contributed by atoms with van der Waals surface area (Å²) in [5, 5.41) is 0. The molecule has 2 heteroatoms. The van der Waals surface area contributed by atoms with Gasteiger partial charge in [-0.3, -0.25) is 4.90 Å². The van der Waals surface area contributed by atoms with Gasteiger partial charge in [-0.2, -0.15) is 0 Å². The molecule has 0 aromatic heterocycles. The standard InChI is InChI=1S/C18H28N2/c1-20(13-15-7-3-2-4-8-15)18(14-19)11-16-9-5-6-10-17(16)12-18/h5-6,9-10,15H,2-4,7-8,11-14,19H2,1H3. The zero-order valence-corrected chi connectivity index (χ0v) is 12.8. The second kappa shape index (κ2) is 5.87. The van der Waals surface area contributed by atoms with E-state index in [9.17, 15) is 0 Å². The minimum absolute atomic E-state index is 0.168. The summed E-state index contributed by atoms with van der Waals surface area (Å²) in [6.07, 6.45) is 9.37. The lowest BCUT2D eigenvalue weighted by Gasteiger charge is -2.40. The summed E-state index contributed by atoms with van der Waals surface area (Å²) in [5.41, 5.74) is 9.40. The van der Waals surface area contributed by atoms with Crippen molar-refractivity contribution in [2.45, 2.75) is 50.5 Å². The van der Waals surface area contributed by atoms with Gasteiger partial charge in [0.25, 0.3) is 0 Å². The third-order valence-electron chi connectivity index (χ3n) is 5.60. The minimum atomic E-state index is 0.168. The van der Waals surface area contributed by atoms with Crippen molar-refractivity contribution in [3.8, 4) is 0 Å². The fourth-order valence-electron chi connectivity index (χ4n) is 4.19. The van der Waals surface area contributed by atoms with Gasteiger partial charge in [0.1, 0.15) is 0 Å². The lowest BCUT2D eigenvalue weighted by Crippen LogP contribution is -2.54. The van der Waals surface area contributed by atoms with E-state index in [2.05, 4.69) is 36.2 Å². The van der Waals surface area contributed by atoms with Crippen LogP contribution in [-0.2, 0) is 12.8 Å². The Morgan fingerprint density at radius 3 is 2.25 bits per heavy atom. The summed E-state index contributed by atoms with van der Waals surface area (Å²) < 4.78 is 0. The van der Waals surface area contributed by atoms with Crippen molar-refractivity contribution in [2.24, 2.45) is 11.7 Å². The highest BCUT2D eigenvalue weighted by molar-refractivity contribution is 5.36. The molecule has 0 saturated heterocycles.